The van der Waals surface area contributed by atoms with Crippen LogP contribution in [0.25, 0.3) is 10.9 Å². The van der Waals surface area contributed by atoms with Crippen molar-refractivity contribution in [1.29, 1.82) is 0 Å². The fourth-order valence-electron chi connectivity index (χ4n) is 3.40. The van der Waals surface area contributed by atoms with Gasteiger partial charge >= 0.3 is 6.03 Å². The summed E-state index contributed by atoms with van der Waals surface area (Å²) in [6, 6.07) is 11.6. The molecule has 3 aromatic rings. The number of para-hydroxylation sites is 1. The van der Waals surface area contributed by atoms with Gasteiger partial charge in [-0.3, -0.25) is 14.5 Å². The van der Waals surface area contributed by atoms with E-state index in [1.54, 1.807) is 18.2 Å². The minimum absolute atomic E-state index is 0.347. The van der Waals surface area contributed by atoms with Crippen molar-refractivity contribution in [1.82, 2.24) is 15.2 Å². The third kappa shape index (κ3) is 3.82. The van der Waals surface area contributed by atoms with Gasteiger partial charge in [0.2, 0.25) is 5.91 Å². The van der Waals surface area contributed by atoms with Crippen LogP contribution in [0.5, 0.6) is 0 Å². The molecule has 1 saturated heterocycles. The van der Waals surface area contributed by atoms with Crippen LogP contribution in [0.3, 0.4) is 0 Å². The lowest BCUT2D eigenvalue weighted by molar-refractivity contribution is -0.130. The predicted octanol–water partition coefficient (Wildman–Crippen LogP) is 3.23. The van der Waals surface area contributed by atoms with E-state index in [-0.39, 0.29) is 6.54 Å². The van der Waals surface area contributed by atoms with Crippen LogP contribution in [0.1, 0.15) is 11.1 Å². The lowest BCUT2D eigenvalue weighted by Crippen LogP contribution is -2.38. The number of aryl methyl sites for hydroxylation is 1. The number of rotatable bonds is 5. The summed E-state index contributed by atoms with van der Waals surface area (Å²) in [5, 5.41) is 6.85. The van der Waals surface area contributed by atoms with Crippen molar-refractivity contribution >= 4 is 46.0 Å². The van der Waals surface area contributed by atoms with Gasteiger partial charge in [-0.15, -0.1) is 0 Å². The summed E-state index contributed by atoms with van der Waals surface area (Å²) in [6.07, 6.45) is 2.18. The number of aromatic nitrogens is 1. The molecule has 0 bridgehead atoms. The van der Waals surface area contributed by atoms with E-state index in [2.05, 4.69) is 15.6 Å². The molecular formula is C21H19ClN4O3. The molecule has 1 fully saturated rings. The highest BCUT2D eigenvalue weighted by molar-refractivity contribution is 6.31. The molecule has 3 N–H and O–H groups in total. The first-order valence-corrected chi connectivity index (χ1v) is 9.53. The Labute approximate surface area is 172 Å². The van der Waals surface area contributed by atoms with Gasteiger partial charge in [-0.1, -0.05) is 35.9 Å². The van der Waals surface area contributed by atoms with Crippen molar-refractivity contribution in [2.75, 3.05) is 11.9 Å². The van der Waals surface area contributed by atoms with E-state index >= 15 is 0 Å². The van der Waals surface area contributed by atoms with Gasteiger partial charge in [0.15, 0.2) is 0 Å². The van der Waals surface area contributed by atoms with Crippen molar-refractivity contribution in [3.8, 4) is 0 Å². The first kappa shape index (κ1) is 19.0. The van der Waals surface area contributed by atoms with Gasteiger partial charge < -0.3 is 15.6 Å². The number of imide groups is 1. The minimum Gasteiger partial charge on any atom is -0.361 e. The highest BCUT2D eigenvalue weighted by Crippen LogP contribution is 2.22. The number of hydrogen-bond donors (Lipinski definition) is 3. The summed E-state index contributed by atoms with van der Waals surface area (Å²) < 4.78 is 0. The lowest BCUT2D eigenvalue weighted by atomic mass is 10.1. The quantitative estimate of drug-likeness (QED) is 0.563. The highest BCUT2D eigenvalue weighted by Gasteiger charge is 2.39. The molecule has 0 aliphatic carbocycles. The maximum atomic E-state index is 12.7. The molecule has 2 heterocycles. The molecule has 1 atom stereocenters. The van der Waals surface area contributed by atoms with E-state index in [0.29, 0.717) is 17.1 Å². The van der Waals surface area contributed by atoms with Crippen LogP contribution in [0.4, 0.5) is 10.5 Å². The van der Waals surface area contributed by atoms with Crippen molar-refractivity contribution in [3.63, 3.8) is 0 Å². The molecule has 4 amide bonds. The topological polar surface area (TPSA) is 94.3 Å². The number of fused-ring (bicyclic) bond motifs is 1. The molecular weight excluding hydrogens is 392 g/mol. The molecule has 7 nitrogen and oxygen atoms in total. The monoisotopic (exact) mass is 410 g/mol. The molecule has 2 aromatic carbocycles. The van der Waals surface area contributed by atoms with Crippen LogP contribution in [0.15, 0.2) is 48.7 Å². The molecule has 0 unspecified atom stereocenters. The molecule has 148 valence electrons. The van der Waals surface area contributed by atoms with Gasteiger partial charge in [0.1, 0.15) is 12.6 Å². The van der Waals surface area contributed by atoms with Crippen molar-refractivity contribution in [2.24, 2.45) is 0 Å². The smallest absolute Gasteiger partial charge is 0.325 e. The van der Waals surface area contributed by atoms with Gasteiger partial charge in [0, 0.05) is 34.2 Å². The Kier molecular flexibility index (Phi) is 4.98. The Morgan fingerprint density at radius 2 is 2.00 bits per heavy atom. The maximum absolute atomic E-state index is 12.7. The van der Waals surface area contributed by atoms with Gasteiger partial charge in [-0.2, -0.15) is 0 Å². The molecule has 8 heteroatoms. The molecule has 1 aliphatic heterocycles. The second-order valence-corrected chi connectivity index (χ2v) is 7.41. The van der Waals surface area contributed by atoms with Crippen LogP contribution in [0, 0.1) is 6.92 Å². The van der Waals surface area contributed by atoms with Crippen LogP contribution < -0.4 is 10.6 Å². The molecule has 1 aromatic heterocycles. The average molecular weight is 411 g/mol. The van der Waals surface area contributed by atoms with E-state index < -0.39 is 23.9 Å². The number of H-pyrrole nitrogens is 1. The van der Waals surface area contributed by atoms with Crippen LogP contribution in [-0.2, 0) is 16.0 Å². The summed E-state index contributed by atoms with van der Waals surface area (Å²) in [5.41, 5.74) is 3.29. The Bertz CT molecular complexity index is 1120. The Morgan fingerprint density at radius 1 is 1.21 bits per heavy atom. The van der Waals surface area contributed by atoms with E-state index in [1.165, 1.54) is 0 Å². The zero-order valence-electron chi connectivity index (χ0n) is 15.7. The number of carbonyl (C=O) groups excluding carboxylic acids is 3. The molecule has 29 heavy (non-hydrogen) atoms. The van der Waals surface area contributed by atoms with E-state index in [0.717, 1.165) is 26.9 Å². The number of aromatic amines is 1. The Morgan fingerprint density at radius 3 is 2.79 bits per heavy atom. The van der Waals surface area contributed by atoms with Crippen LogP contribution in [0.2, 0.25) is 5.02 Å². The van der Waals surface area contributed by atoms with Gasteiger partial charge in [0.25, 0.3) is 5.91 Å². The Hall–Kier alpha value is -3.32. The fourth-order valence-corrected chi connectivity index (χ4v) is 3.58. The first-order chi connectivity index (χ1) is 13.9. The minimum atomic E-state index is -0.705. The van der Waals surface area contributed by atoms with Crippen LogP contribution >= 0.6 is 11.6 Å². The van der Waals surface area contributed by atoms with Gasteiger partial charge in [-0.05, 0) is 36.2 Å². The van der Waals surface area contributed by atoms with Crippen molar-refractivity contribution in [2.45, 2.75) is 19.4 Å². The number of nitrogens with one attached hydrogen (secondary N) is 3. The molecule has 1 aliphatic rings. The highest BCUT2D eigenvalue weighted by atomic mass is 35.5. The Balaban J connectivity index is 1.42. The summed E-state index contributed by atoms with van der Waals surface area (Å²) in [4.78, 5) is 41.4. The first-order valence-electron chi connectivity index (χ1n) is 9.15. The SMILES string of the molecule is Cc1ccc(NC(=O)CN2C(=O)N[C@H](Cc3c[nH]c4ccccc34)C2=O)cc1Cl. The summed E-state index contributed by atoms with van der Waals surface area (Å²) in [5.74, 6) is -0.890. The normalized spacial score (nSPS) is 16.3. The summed E-state index contributed by atoms with van der Waals surface area (Å²) in [6.45, 7) is 1.50. The second-order valence-electron chi connectivity index (χ2n) is 7.00. The maximum Gasteiger partial charge on any atom is 0.325 e. The van der Waals surface area contributed by atoms with E-state index in [9.17, 15) is 14.4 Å². The van der Waals surface area contributed by atoms with Gasteiger partial charge in [0.05, 0.1) is 0 Å². The number of benzene rings is 2. The van der Waals surface area contributed by atoms with E-state index in [1.807, 2.05) is 37.4 Å². The van der Waals surface area contributed by atoms with Crippen molar-refractivity contribution in [3.05, 3.63) is 64.8 Å². The molecule has 0 radical (unpaired) electrons. The number of urea groups is 1. The van der Waals surface area contributed by atoms with Crippen LogP contribution in [-0.4, -0.2) is 40.3 Å². The number of anilines is 1. The predicted molar refractivity (Wildman–Crippen MR) is 111 cm³/mol. The summed E-state index contributed by atoms with van der Waals surface area (Å²) in [7, 11) is 0. The van der Waals surface area contributed by atoms with Crippen molar-refractivity contribution < 1.29 is 14.4 Å². The molecule has 0 spiro atoms. The lowest BCUT2D eigenvalue weighted by Gasteiger charge is -2.13. The zero-order valence-corrected chi connectivity index (χ0v) is 16.4. The fraction of sp³-hybridized carbons (Fsp3) is 0.190. The number of nitrogens with zero attached hydrogens (tertiary/aromatic N) is 1. The summed E-state index contributed by atoms with van der Waals surface area (Å²) >= 11 is 6.06. The molecule has 4 rings (SSSR count). The average Bonchev–Trinajstić information content (AvgIpc) is 3.21. The molecule has 0 saturated carbocycles. The largest absolute Gasteiger partial charge is 0.361 e. The number of amides is 4. The number of hydrogen-bond acceptors (Lipinski definition) is 3. The third-order valence-corrected chi connectivity index (χ3v) is 5.37. The van der Waals surface area contributed by atoms with E-state index in [4.69, 9.17) is 11.6 Å². The zero-order chi connectivity index (χ0) is 20.5. The second kappa shape index (κ2) is 7.60. The standard InChI is InChI=1S/C21H19ClN4O3/c1-12-6-7-14(9-16(12)22)24-19(27)11-26-20(28)18(25-21(26)29)8-13-10-23-17-5-3-2-4-15(13)17/h2-7,9-10,18,23H,8,11H2,1H3,(H,24,27)(H,25,29)/t18-/m1/s1. The van der Waals surface area contributed by atoms with Gasteiger partial charge in [-0.25, -0.2) is 4.79 Å². The third-order valence-electron chi connectivity index (χ3n) is 4.96. The number of halogens is 1. The number of carbonyl (C=O) groups is 3.